The third-order valence-corrected chi connectivity index (χ3v) is 3.38. The summed E-state index contributed by atoms with van der Waals surface area (Å²) in [7, 11) is 0. The highest BCUT2D eigenvalue weighted by Crippen LogP contribution is 2.44. The Morgan fingerprint density at radius 3 is 2.50 bits per heavy atom. The monoisotopic (exact) mass is 199 g/mol. The van der Waals surface area contributed by atoms with E-state index in [4.69, 9.17) is 10.5 Å². The lowest BCUT2D eigenvalue weighted by molar-refractivity contribution is -0.109. The maximum absolute atomic E-state index is 5.77. The summed E-state index contributed by atoms with van der Waals surface area (Å²) in [5.74, 6) is 0. The van der Waals surface area contributed by atoms with Gasteiger partial charge in [-0.15, -0.1) is 0 Å². The normalized spacial score (nSPS) is 31.7. The van der Waals surface area contributed by atoms with Crippen molar-refractivity contribution >= 4 is 0 Å². The maximum atomic E-state index is 5.77. The molecule has 2 N–H and O–H groups in total. The van der Waals surface area contributed by atoms with Gasteiger partial charge in [0.1, 0.15) is 0 Å². The first-order valence-corrected chi connectivity index (χ1v) is 5.88. The van der Waals surface area contributed by atoms with Crippen molar-refractivity contribution in [1.82, 2.24) is 0 Å². The Bertz CT molecular complexity index is 166. The van der Waals surface area contributed by atoms with Crippen LogP contribution in [0.25, 0.3) is 0 Å². The molecule has 1 saturated heterocycles. The van der Waals surface area contributed by atoms with E-state index in [1.54, 1.807) is 0 Å². The summed E-state index contributed by atoms with van der Waals surface area (Å²) in [6.45, 7) is 8.39. The molecule has 0 saturated carbocycles. The van der Waals surface area contributed by atoms with Crippen LogP contribution < -0.4 is 5.73 Å². The predicted octanol–water partition coefficient (Wildman–Crippen LogP) is 2.71. The van der Waals surface area contributed by atoms with Crippen molar-refractivity contribution in [2.24, 2.45) is 11.1 Å². The Balaban J connectivity index is 2.65. The number of hydrogen-bond acceptors (Lipinski definition) is 2. The van der Waals surface area contributed by atoms with E-state index in [1.165, 1.54) is 25.7 Å². The van der Waals surface area contributed by atoms with E-state index in [2.05, 4.69) is 20.8 Å². The van der Waals surface area contributed by atoms with Gasteiger partial charge in [0.15, 0.2) is 0 Å². The molecule has 1 rings (SSSR count). The zero-order valence-electron chi connectivity index (χ0n) is 9.94. The topological polar surface area (TPSA) is 35.2 Å². The molecule has 1 atom stereocenters. The van der Waals surface area contributed by atoms with Crippen LogP contribution >= 0.6 is 0 Å². The van der Waals surface area contributed by atoms with Crippen molar-refractivity contribution in [1.29, 1.82) is 0 Å². The molecule has 1 aliphatic rings. The molecule has 2 heteroatoms. The van der Waals surface area contributed by atoms with Crippen LogP contribution in [0.3, 0.4) is 0 Å². The highest BCUT2D eigenvalue weighted by atomic mass is 16.5. The second-order valence-electron chi connectivity index (χ2n) is 5.32. The number of ether oxygens (including phenoxy) is 1. The average Bonchev–Trinajstić information content (AvgIpc) is 2.02. The fraction of sp³-hybridized carbons (Fsp3) is 1.00. The molecule has 1 aliphatic heterocycles. The van der Waals surface area contributed by atoms with E-state index in [0.29, 0.717) is 5.41 Å². The Morgan fingerprint density at radius 2 is 2.00 bits per heavy atom. The molecule has 0 aliphatic carbocycles. The second kappa shape index (κ2) is 4.63. The SMILES string of the molecule is CCC[C@]1(CCN)CCOC(C)(C)C1. The second-order valence-corrected chi connectivity index (χ2v) is 5.32. The summed E-state index contributed by atoms with van der Waals surface area (Å²) in [5.41, 5.74) is 6.24. The molecule has 84 valence electrons. The number of hydrogen-bond donors (Lipinski definition) is 1. The van der Waals surface area contributed by atoms with Gasteiger partial charge < -0.3 is 10.5 Å². The van der Waals surface area contributed by atoms with Gasteiger partial charge >= 0.3 is 0 Å². The zero-order valence-corrected chi connectivity index (χ0v) is 9.94. The molecular formula is C12H25NO. The van der Waals surface area contributed by atoms with Gasteiger partial charge in [0.25, 0.3) is 0 Å². The molecule has 2 nitrogen and oxygen atoms in total. The van der Waals surface area contributed by atoms with Crippen LogP contribution in [0, 0.1) is 5.41 Å². The van der Waals surface area contributed by atoms with Gasteiger partial charge in [0.2, 0.25) is 0 Å². The molecule has 0 unspecified atom stereocenters. The molecule has 0 aromatic heterocycles. The number of nitrogens with two attached hydrogens (primary N) is 1. The van der Waals surface area contributed by atoms with Crippen molar-refractivity contribution in [3.05, 3.63) is 0 Å². The molecule has 0 radical (unpaired) electrons. The molecular weight excluding hydrogens is 174 g/mol. The summed E-state index contributed by atoms with van der Waals surface area (Å²) < 4.78 is 5.77. The van der Waals surface area contributed by atoms with Crippen LogP contribution in [0.5, 0.6) is 0 Å². The molecule has 0 amide bonds. The molecule has 1 heterocycles. The van der Waals surface area contributed by atoms with Crippen molar-refractivity contribution < 1.29 is 4.74 Å². The Hall–Kier alpha value is -0.0800. The fourth-order valence-electron chi connectivity index (χ4n) is 2.97. The lowest BCUT2D eigenvalue weighted by Crippen LogP contribution is -2.42. The summed E-state index contributed by atoms with van der Waals surface area (Å²) in [4.78, 5) is 0. The van der Waals surface area contributed by atoms with E-state index in [1.807, 2.05) is 0 Å². The molecule has 0 aromatic rings. The molecule has 14 heavy (non-hydrogen) atoms. The van der Waals surface area contributed by atoms with E-state index < -0.39 is 0 Å². The minimum atomic E-state index is 0.0581. The van der Waals surface area contributed by atoms with Gasteiger partial charge in [-0.05, 0) is 51.5 Å². The molecule has 0 spiro atoms. The van der Waals surface area contributed by atoms with Gasteiger partial charge in [-0.3, -0.25) is 0 Å². The highest BCUT2D eigenvalue weighted by Gasteiger charge is 2.39. The average molecular weight is 199 g/mol. The Labute approximate surface area is 88.2 Å². The van der Waals surface area contributed by atoms with Gasteiger partial charge in [-0.2, -0.15) is 0 Å². The van der Waals surface area contributed by atoms with Gasteiger partial charge in [0.05, 0.1) is 5.60 Å². The summed E-state index contributed by atoms with van der Waals surface area (Å²) in [6, 6.07) is 0. The Morgan fingerprint density at radius 1 is 1.29 bits per heavy atom. The number of rotatable bonds is 4. The fourth-order valence-corrected chi connectivity index (χ4v) is 2.97. The quantitative estimate of drug-likeness (QED) is 0.755. The van der Waals surface area contributed by atoms with Crippen LogP contribution in [0.15, 0.2) is 0 Å². The van der Waals surface area contributed by atoms with Crippen molar-refractivity contribution in [3.8, 4) is 0 Å². The summed E-state index contributed by atoms with van der Waals surface area (Å²) in [5, 5.41) is 0. The first-order chi connectivity index (χ1) is 6.54. The highest BCUT2D eigenvalue weighted by molar-refractivity contribution is 4.90. The molecule has 0 aromatic carbocycles. The van der Waals surface area contributed by atoms with Crippen LogP contribution in [-0.2, 0) is 4.74 Å². The van der Waals surface area contributed by atoms with E-state index >= 15 is 0 Å². The lowest BCUT2D eigenvalue weighted by atomic mass is 9.69. The summed E-state index contributed by atoms with van der Waals surface area (Å²) in [6.07, 6.45) is 6.09. The van der Waals surface area contributed by atoms with Crippen LogP contribution in [-0.4, -0.2) is 18.8 Å². The first kappa shape index (κ1) is 12.0. The lowest BCUT2D eigenvalue weighted by Gasteiger charge is -2.45. The minimum absolute atomic E-state index is 0.0581. The first-order valence-electron chi connectivity index (χ1n) is 5.88. The van der Waals surface area contributed by atoms with Gasteiger partial charge in [0, 0.05) is 6.61 Å². The Kier molecular flexibility index (Phi) is 3.96. The van der Waals surface area contributed by atoms with E-state index in [0.717, 1.165) is 19.6 Å². The van der Waals surface area contributed by atoms with Crippen molar-refractivity contribution in [3.63, 3.8) is 0 Å². The third kappa shape index (κ3) is 2.96. The largest absolute Gasteiger partial charge is 0.376 e. The van der Waals surface area contributed by atoms with Gasteiger partial charge in [-0.1, -0.05) is 13.3 Å². The zero-order chi connectivity index (χ0) is 10.7. The van der Waals surface area contributed by atoms with Crippen LogP contribution in [0.2, 0.25) is 0 Å². The van der Waals surface area contributed by atoms with Gasteiger partial charge in [-0.25, -0.2) is 0 Å². The van der Waals surface area contributed by atoms with Crippen LogP contribution in [0.1, 0.15) is 52.9 Å². The predicted molar refractivity (Wildman–Crippen MR) is 60.3 cm³/mol. The molecule has 1 fully saturated rings. The standard InChI is InChI=1S/C12H25NO/c1-4-5-12(6-8-13)7-9-14-11(2,3)10-12/h4-10,13H2,1-3H3/t12-/m0/s1. The van der Waals surface area contributed by atoms with E-state index in [9.17, 15) is 0 Å². The third-order valence-electron chi connectivity index (χ3n) is 3.38. The summed E-state index contributed by atoms with van der Waals surface area (Å²) >= 11 is 0. The van der Waals surface area contributed by atoms with E-state index in [-0.39, 0.29) is 5.60 Å². The maximum Gasteiger partial charge on any atom is 0.0631 e. The smallest absolute Gasteiger partial charge is 0.0631 e. The van der Waals surface area contributed by atoms with Crippen LogP contribution in [0.4, 0.5) is 0 Å². The van der Waals surface area contributed by atoms with Crippen molar-refractivity contribution in [2.45, 2.75) is 58.5 Å². The molecule has 0 bridgehead atoms. The van der Waals surface area contributed by atoms with Crippen molar-refractivity contribution in [2.75, 3.05) is 13.2 Å². The minimum Gasteiger partial charge on any atom is -0.376 e.